The molecule has 1 unspecified atom stereocenters. The molecule has 22 heavy (non-hydrogen) atoms. The third-order valence-corrected chi connectivity index (χ3v) is 2.67. The van der Waals surface area contributed by atoms with Crippen LogP contribution in [0.5, 0.6) is 0 Å². The molecule has 1 atom stereocenters. The van der Waals surface area contributed by atoms with Gasteiger partial charge in [0.15, 0.2) is 0 Å². The first-order valence-corrected chi connectivity index (χ1v) is 7.75. The largest absolute Gasteiger partial charge is 0.469 e. The molecule has 0 bridgehead atoms. The Morgan fingerprint density at radius 3 is 2.00 bits per heavy atom. The third kappa shape index (κ3) is 7.43. The normalized spacial score (nSPS) is 19.7. The van der Waals surface area contributed by atoms with Gasteiger partial charge in [-0.15, -0.1) is 0 Å². The number of rotatable bonds is 3. The molecule has 1 saturated heterocycles. The van der Waals surface area contributed by atoms with E-state index in [4.69, 9.17) is 4.74 Å². The van der Waals surface area contributed by atoms with E-state index in [-0.39, 0.29) is 25.3 Å². The lowest BCUT2D eigenvalue weighted by Crippen LogP contribution is -2.41. The van der Waals surface area contributed by atoms with Gasteiger partial charge in [-0.05, 0) is 20.8 Å². The van der Waals surface area contributed by atoms with E-state index in [0.29, 0.717) is 0 Å². The minimum atomic E-state index is -1.14. The highest BCUT2D eigenvalue weighted by atomic mass is 16.6. The van der Waals surface area contributed by atoms with Gasteiger partial charge < -0.3 is 14.8 Å². The number of hydrogen-bond donors (Lipinski definition) is 1. The SMILES string of the molecule is CC.CC.COC(=O)CC1(C(=O)OC(C)(C)C)CNC(=O)C1. The molecule has 1 aliphatic heterocycles. The first-order chi connectivity index (χ1) is 10.2. The summed E-state index contributed by atoms with van der Waals surface area (Å²) < 4.78 is 9.85. The highest BCUT2D eigenvalue weighted by Crippen LogP contribution is 2.33. The zero-order chi connectivity index (χ0) is 18.0. The maximum atomic E-state index is 12.2. The van der Waals surface area contributed by atoms with Crippen molar-refractivity contribution in [3.63, 3.8) is 0 Å². The highest BCUT2D eigenvalue weighted by Gasteiger charge is 2.49. The van der Waals surface area contributed by atoms with Crippen LogP contribution in [-0.4, -0.2) is 37.1 Å². The van der Waals surface area contributed by atoms with Crippen LogP contribution in [0.15, 0.2) is 0 Å². The average Bonchev–Trinajstić information content (AvgIpc) is 2.84. The van der Waals surface area contributed by atoms with E-state index >= 15 is 0 Å². The van der Waals surface area contributed by atoms with Gasteiger partial charge in [0.1, 0.15) is 11.0 Å². The Balaban J connectivity index is 0. The molecule has 1 fully saturated rings. The van der Waals surface area contributed by atoms with E-state index in [0.717, 1.165) is 0 Å². The number of methoxy groups -OCH3 is 1. The summed E-state index contributed by atoms with van der Waals surface area (Å²) in [7, 11) is 1.25. The molecule has 0 aromatic rings. The number of ether oxygens (including phenoxy) is 2. The zero-order valence-corrected chi connectivity index (χ0v) is 15.2. The second-order valence-corrected chi connectivity index (χ2v) is 5.49. The van der Waals surface area contributed by atoms with Gasteiger partial charge in [-0.25, -0.2) is 0 Å². The molecule has 130 valence electrons. The molecule has 0 aromatic carbocycles. The molecule has 6 nitrogen and oxygen atoms in total. The summed E-state index contributed by atoms with van der Waals surface area (Å²) in [4.78, 5) is 34.9. The lowest BCUT2D eigenvalue weighted by Gasteiger charge is -2.29. The molecule has 0 radical (unpaired) electrons. The van der Waals surface area contributed by atoms with Gasteiger partial charge in [-0.1, -0.05) is 27.7 Å². The summed E-state index contributed by atoms with van der Waals surface area (Å²) in [5, 5.41) is 2.56. The van der Waals surface area contributed by atoms with Gasteiger partial charge in [0.05, 0.1) is 13.5 Å². The first kappa shape index (κ1) is 22.7. The lowest BCUT2D eigenvalue weighted by molar-refractivity contribution is -0.170. The second kappa shape index (κ2) is 10.2. The fourth-order valence-electron chi connectivity index (χ4n) is 1.78. The van der Waals surface area contributed by atoms with Crippen LogP contribution in [0.3, 0.4) is 0 Å². The standard InChI is InChI=1S/C12H19NO5.2C2H6/c1-11(2,3)18-10(16)12(6-9(15)17-4)5-8(14)13-7-12;2*1-2/h5-7H2,1-4H3,(H,13,14);2*1-2H3. The van der Waals surface area contributed by atoms with E-state index in [1.807, 2.05) is 27.7 Å². The number of amides is 1. The van der Waals surface area contributed by atoms with Crippen molar-refractivity contribution in [1.29, 1.82) is 0 Å². The van der Waals surface area contributed by atoms with Crippen molar-refractivity contribution in [2.45, 2.75) is 66.9 Å². The number of hydrogen-bond acceptors (Lipinski definition) is 5. The Bertz CT molecular complexity index is 373. The van der Waals surface area contributed by atoms with Gasteiger partial charge in [0, 0.05) is 13.0 Å². The quantitative estimate of drug-likeness (QED) is 0.809. The summed E-state index contributed by atoms with van der Waals surface area (Å²) in [5.41, 5.74) is -1.80. The summed E-state index contributed by atoms with van der Waals surface area (Å²) in [6.07, 6.45) is -0.200. The molecular formula is C16H31NO5. The average molecular weight is 317 g/mol. The van der Waals surface area contributed by atoms with Crippen molar-refractivity contribution < 1.29 is 23.9 Å². The van der Waals surface area contributed by atoms with Gasteiger partial charge in [0.2, 0.25) is 5.91 Å². The van der Waals surface area contributed by atoms with E-state index < -0.39 is 23.0 Å². The van der Waals surface area contributed by atoms with Crippen LogP contribution in [-0.2, 0) is 23.9 Å². The minimum Gasteiger partial charge on any atom is -0.469 e. The van der Waals surface area contributed by atoms with Crippen molar-refractivity contribution in [2.24, 2.45) is 5.41 Å². The number of carbonyl (C=O) groups is 3. The summed E-state index contributed by atoms with van der Waals surface area (Å²) >= 11 is 0. The van der Waals surface area contributed by atoms with Crippen LogP contribution >= 0.6 is 0 Å². The van der Waals surface area contributed by atoms with Crippen molar-refractivity contribution in [2.75, 3.05) is 13.7 Å². The van der Waals surface area contributed by atoms with Crippen LogP contribution in [0, 0.1) is 5.41 Å². The summed E-state index contributed by atoms with van der Waals surface area (Å²) in [6, 6.07) is 0. The van der Waals surface area contributed by atoms with Crippen molar-refractivity contribution >= 4 is 17.8 Å². The van der Waals surface area contributed by atoms with Crippen LogP contribution in [0.25, 0.3) is 0 Å². The molecule has 1 amide bonds. The predicted molar refractivity (Wildman–Crippen MR) is 85.2 cm³/mol. The highest BCUT2D eigenvalue weighted by molar-refractivity contribution is 5.92. The Morgan fingerprint density at radius 1 is 1.18 bits per heavy atom. The fraction of sp³-hybridized carbons (Fsp3) is 0.812. The van der Waals surface area contributed by atoms with Crippen molar-refractivity contribution in [3.05, 3.63) is 0 Å². The van der Waals surface area contributed by atoms with Crippen LogP contribution in [0.2, 0.25) is 0 Å². The molecule has 1 rings (SSSR count). The van der Waals surface area contributed by atoms with E-state index in [2.05, 4.69) is 10.1 Å². The molecule has 0 aliphatic carbocycles. The lowest BCUT2D eigenvalue weighted by atomic mass is 9.83. The molecule has 0 saturated carbocycles. The van der Waals surface area contributed by atoms with Crippen molar-refractivity contribution in [3.8, 4) is 0 Å². The molecule has 1 N–H and O–H groups in total. The van der Waals surface area contributed by atoms with Crippen LogP contribution in [0.1, 0.15) is 61.3 Å². The van der Waals surface area contributed by atoms with E-state index in [1.165, 1.54) is 7.11 Å². The Morgan fingerprint density at radius 2 is 1.68 bits per heavy atom. The van der Waals surface area contributed by atoms with Gasteiger partial charge >= 0.3 is 11.9 Å². The van der Waals surface area contributed by atoms with E-state index in [9.17, 15) is 14.4 Å². The topological polar surface area (TPSA) is 81.7 Å². The third-order valence-electron chi connectivity index (χ3n) is 2.67. The Hall–Kier alpha value is -1.59. The number of nitrogens with one attached hydrogen (secondary N) is 1. The monoisotopic (exact) mass is 317 g/mol. The molecule has 0 aromatic heterocycles. The minimum absolute atomic E-state index is 0.0446. The first-order valence-electron chi connectivity index (χ1n) is 7.75. The fourth-order valence-corrected chi connectivity index (χ4v) is 1.78. The van der Waals surface area contributed by atoms with Crippen LogP contribution < -0.4 is 5.32 Å². The molecule has 0 spiro atoms. The maximum absolute atomic E-state index is 12.2. The number of esters is 2. The summed E-state index contributed by atoms with van der Waals surface area (Å²) in [6.45, 7) is 13.3. The zero-order valence-electron chi connectivity index (χ0n) is 15.2. The van der Waals surface area contributed by atoms with Gasteiger partial charge in [0.25, 0.3) is 0 Å². The molecule has 1 heterocycles. The van der Waals surface area contributed by atoms with Gasteiger partial charge in [-0.3, -0.25) is 14.4 Å². The number of carbonyl (C=O) groups excluding carboxylic acids is 3. The van der Waals surface area contributed by atoms with Crippen LogP contribution in [0.4, 0.5) is 0 Å². The molecular weight excluding hydrogens is 286 g/mol. The van der Waals surface area contributed by atoms with Crippen molar-refractivity contribution in [1.82, 2.24) is 5.32 Å². The predicted octanol–water partition coefficient (Wildman–Crippen LogP) is 2.45. The Labute approximate surface area is 133 Å². The molecule has 1 aliphatic rings. The molecule has 6 heteroatoms. The smallest absolute Gasteiger partial charge is 0.315 e. The summed E-state index contributed by atoms with van der Waals surface area (Å²) in [5.74, 6) is -1.33. The van der Waals surface area contributed by atoms with Gasteiger partial charge in [-0.2, -0.15) is 0 Å². The van der Waals surface area contributed by atoms with E-state index in [1.54, 1.807) is 20.8 Å². The maximum Gasteiger partial charge on any atom is 0.315 e. The Kier molecular flexibility index (Phi) is 10.5. The second-order valence-electron chi connectivity index (χ2n) is 5.49.